The van der Waals surface area contributed by atoms with Gasteiger partial charge in [-0.25, -0.2) is 0 Å². The Hall–Kier alpha value is -1.66. The Morgan fingerprint density at radius 2 is 2.40 bits per heavy atom. The molecule has 0 aromatic carbocycles. The van der Waals surface area contributed by atoms with E-state index in [4.69, 9.17) is 11.6 Å². The van der Waals surface area contributed by atoms with E-state index in [0.29, 0.717) is 10.9 Å². The molecule has 0 bridgehead atoms. The number of halogens is 1. The summed E-state index contributed by atoms with van der Waals surface area (Å²) in [5.41, 5.74) is 0. The van der Waals surface area contributed by atoms with Gasteiger partial charge in [-0.05, 0) is 17.9 Å². The fourth-order valence-corrected chi connectivity index (χ4v) is 3.12. The van der Waals surface area contributed by atoms with Crippen LogP contribution in [0.2, 0.25) is 5.15 Å². The molecule has 0 aliphatic heterocycles. The van der Waals surface area contributed by atoms with Crippen molar-refractivity contribution in [2.24, 2.45) is 0 Å². The van der Waals surface area contributed by atoms with Crippen molar-refractivity contribution in [3.8, 4) is 0 Å². The van der Waals surface area contributed by atoms with Gasteiger partial charge in [0.05, 0.1) is 6.04 Å². The molecule has 1 atom stereocenters. The van der Waals surface area contributed by atoms with Crippen LogP contribution in [-0.2, 0) is 0 Å². The highest BCUT2D eigenvalue weighted by molar-refractivity contribution is 7.10. The molecule has 0 fully saturated rings. The van der Waals surface area contributed by atoms with E-state index >= 15 is 0 Å². The van der Waals surface area contributed by atoms with Gasteiger partial charge in [-0.1, -0.05) is 31.0 Å². The first-order valence-electron chi connectivity index (χ1n) is 6.44. The van der Waals surface area contributed by atoms with Gasteiger partial charge >= 0.3 is 0 Å². The van der Waals surface area contributed by atoms with E-state index in [2.05, 4.69) is 44.8 Å². The number of hydrogen-bond acceptors (Lipinski definition) is 5. The zero-order chi connectivity index (χ0) is 13.9. The molecule has 0 amide bonds. The number of hydrogen-bond donors (Lipinski definition) is 1. The van der Waals surface area contributed by atoms with Crippen LogP contribution < -0.4 is 5.32 Å². The van der Waals surface area contributed by atoms with Gasteiger partial charge in [0, 0.05) is 10.9 Å². The fraction of sp³-hybridized carbons (Fsp3) is 0.308. The number of aromatic nitrogens is 4. The molecule has 104 valence electrons. The molecule has 7 heteroatoms. The normalized spacial score (nSPS) is 12.7. The molecule has 0 saturated carbocycles. The lowest BCUT2D eigenvalue weighted by atomic mass is 10.1. The van der Waals surface area contributed by atoms with E-state index in [-0.39, 0.29) is 6.04 Å². The first-order valence-corrected chi connectivity index (χ1v) is 7.70. The molecular weight excluding hydrogens is 294 g/mol. The van der Waals surface area contributed by atoms with Crippen LogP contribution in [0.4, 0.5) is 5.82 Å². The summed E-state index contributed by atoms with van der Waals surface area (Å²) < 4.78 is 1.67. The molecule has 5 nitrogen and oxygen atoms in total. The Bertz CT molecular complexity index is 694. The Morgan fingerprint density at radius 3 is 3.15 bits per heavy atom. The van der Waals surface area contributed by atoms with Crippen molar-refractivity contribution in [2.45, 2.75) is 25.8 Å². The highest BCUT2D eigenvalue weighted by Gasteiger charge is 2.14. The third-order valence-electron chi connectivity index (χ3n) is 3.01. The summed E-state index contributed by atoms with van der Waals surface area (Å²) in [6.07, 6.45) is 3.61. The molecule has 0 aliphatic carbocycles. The lowest BCUT2D eigenvalue weighted by Gasteiger charge is -2.18. The Kier molecular flexibility index (Phi) is 3.84. The average Bonchev–Trinajstić information content (AvgIpc) is 3.08. The smallest absolute Gasteiger partial charge is 0.255 e. The number of thiophene rings is 1. The largest absolute Gasteiger partial charge is 0.362 e. The quantitative estimate of drug-likeness (QED) is 0.729. The minimum absolute atomic E-state index is 0.242. The predicted molar refractivity (Wildman–Crippen MR) is 81.4 cm³/mol. The lowest BCUT2D eigenvalue weighted by Crippen LogP contribution is -2.12. The molecule has 0 spiro atoms. The minimum Gasteiger partial charge on any atom is -0.362 e. The van der Waals surface area contributed by atoms with Crippen LogP contribution in [0.25, 0.3) is 5.78 Å². The van der Waals surface area contributed by atoms with Crippen LogP contribution in [0.3, 0.4) is 0 Å². The third-order valence-corrected chi connectivity index (χ3v) is 4.19. The second kappa shape index (κ2) is 5.76. The van der Waals surface area contributed by atoms with Gasteiger partial charge in [0.2, 0.25) is 0 Å². The van der Waals surface area contributed by atoms with E-state index in [1.165, 1.54) is 11.2 Å². The van der Waals surface area contributed by atoms with E-state index in [1.54, 1.807) is 21.9 Å². The van der Waals surface area contributed by atoms with Crippen molar-refractivity contribution in [3.05, 3.63) is 39.9 Å². The SMILES string of the molecule is CCCC(Nc1cc(Cl)nc2ncnn12)c1cccs1. The van der Waals surface area contributed by atoms with Crippen LogP contribution in [0.5, 0.6) is 0 Å². The number of anilines is 1. The Labute approximate surface area is 125 Å². The number of nitrogens with zero attached hydrogens (tertiary/aromatic N) is 4. The van der Waals surface area contributed by atoms with E-state index in [9.17, 15) is 0 Å². The molecule has 0 aliphatic rings. The maximum atomic E-state index is 6.04. The van der Waals surface area contributed by atoms with Gasteiger partial charge in [0.25, 0.3) is 5.78 Å². The first-order chi connectivity index (χ1) is 9.78. The van der Waals surface area contributed by atoms with E-state index < -0.39 is 0 Å². The van der Waals surface area contributed by atoms with Crippen LogP contribution in [0.1, 0.15) is 30.7 Å². The maximum Gasteiger partial charge on any atom is 0.255 e. The molecule has 3 aromatic heterocycles. The number of nitrogens with one attached hydrogen (secondary N) is 1. The second-order valence-electron chi connectivity index (χ2n) is 4.44. The average molecular weight is 308 g/mol. The molecule has 3 rings (SSSR count). The highest BCUT2D eigenvalue weighted by Crippen LogP contribution is 2.28. The van der Waals surface area contributed by atoms with E-state index in [0.717, 1.165) is 18.7 Å². The summed E-state index contributed by atoms with van der Waals surface area (Å²) in [7, 11) is 0. The molecule has 0 radical (unpaired) electrons. The van der Waals surface area contributed by atoms with Gasteiger partial charge in [0.1, 0.15) is 17.3 Å². The number of rotatable bonds is 5. The monoisotopic (exact) mass is 307 g/mol. The predicted octanol–water partition coefficient (Wildman–Crippen LogP) is 3.79. The summed E-state index contributed by atoms with van der Waals surface area (Å²) >= 11 is 7.78. The second-order valence-corrected chi connectivity index (χ2v) is 5.80. The van der Waals surface area contributed by atoms with Crippen molar-refractivity contribution in [1.82, 2.24) is 19.6 Å². The molecule has 3 aromatic rings. The van der Waals surface area contributed by atoms with Crippen molar-refractivity contribution in [1.29, 1.82) is 0 Å². The zero-order valence-electron chi connectivity index (χ0n) is 11.0. The maximum absolute atomic E-state index is 6.04. The number of fused-ring (bicyclic) bond motifs is 1. The van der Waals surface area contributed by atoms with Crippen molar-refractivity contribution >= 4 is 34.5 Å². The minimum atomic E-state index is 0.242. The van der Waals surface area contributed by atoms with E-state index in [1.807, 2.05) is 0 Å². The van der Waals surface area contributed by atoms with Gasteiger partial charge in [0.15, 0.2) is 0 Å². The topological polar surface area (TPSA) is 55.1 Å². The van der Waals surface area contributed by atoms with Crippen LogP contribution in [0.15, 0.2) is 29.9 Å². The zero-order valence-corrected chi connectivity index (χ0v) is 12.5. The fourth-order valence-electron chi connectivity index (χ4n) is 2.13. The summed E-state index contributed by atoms with van der Waals surface area (Å²) in [5.74, 6) is 1.31. The lowest BCUT2D eigenvalue weighted by molar-refractivity contribution is 0.679. The van der Waals surface area contributed by atoms with Gasteiger partial charge in [-0.3, -0.25) is 0 Å². The standard InChI is InChI=1S/C13H14ClN5S/c1-2-4-9(10-5-3-6-20-10)17-12-7-11(14)18-13-15-8-16-19(12)13/h3,5-9,17H,2,4H2,1H3. The molecule has 1 N–H and O–H groups in total. The Morgan fingerprint density at radius 1 is 1.50 bits per heavy atom. The van der Waals surface area contributed by atoms with Crippen LogP contribution in [-0.4, -0.2) is 19.6 Å². The summed E-state index contributed by atoms with van der Waals surface area (Å²) in [6, 6.07) is 6.22. The molecule has 0 saturated heterocycles. The van der Waals surface area contributed by atoms with Gasteiger partial charge in [-0.2, -0.15) is 19.6 Å². The Balaban J connectivity index is 1.96. The molecule has 1 unspecified atom stereocenters. The third kappa shape index (κ3) is 2.62. The van der Waals surface area contributed by atoms with Gasteiger partial charge < -0.3 is 5.32 Å². The van der Waals surface area contributed by atoms with Crippen molar-refractivity contribution in [3.63, 3.8) is 0 Å². The van der Waals surface area contributed by atoms with Crippen LogP contribution in [0, 0.1) is 0 Å². The summed E-state index contributed by atoms with van der Waals surface area (Å²) in [4.78, 5) is 9.50. The van der Waals surface area contributed by atoms with Crippen LogP contribution >= 0.6 is 22.9 Å². The van der Waals surface area contributed by atoms with Crippen molar-refractivity contribution in [2.75, 3.05) is 5.32 Å². The molecule has 3 heterocycles. The van der Waals surface area contributed by atoms with Gasteiger partial charge in [-0.15, -0.1) is 11.3 Å². The first kappa shape index (κ1) is 13.3. The summed E-state index contributed by atoms with van der Waals surface area (Å²) in [6.45, 7) is 2.17. The summed E-state index contributed by atoms with van der Waals surface area (Å²) in [5, 5.41) is 10.2. The van der Waals surface area contributed by atoms with Crippen molar-refractivity contribution < 1.29 is 0 Å². The molecular formula is C13H14ClN5S. The highest BCUT2D eigenvalue weighted by atomic mass is 35.5. The molecule has 20 heavy (non-hydrogen) atoms.